The molecule has 0 aromatic carbocycles. The van der Waals surface area contributed by atoms with Crippen molar-refractivity contribution in [2.24, 2.45) is 7.05 Å². The molecule has 2 aliphatic rings. The monoisotopic (exact) mass is 371 g/mol. The Hall–Kier alpha value is -2.52. The molecule has 9 heteroatoms. The highest BCUT2D eigenvalue weighted by Crippen LogP contribution is 2.19. The van der Waals surface area contributed by atoms with Crippen LogP contribution in [0.2, 0.25) is 0 Å². The van der Waals surface area contributed by atoms with Gasteiger partial charge in [0.2, 0.25) is 5.91 Å². The molecule has 4 rings (SSSR count). The number of carbonyl (C=O) groups excluding carboxylic acids is 1. The van der Waals surface area contributed by atoms with Gasteiger partial charge in [-0.2, -0.15) is 5.10 Å². The van der Waals surface area contributed by atoms with E-state index in [4.69, 9.17) is 9.72 Å². The molecule has 2 aromatic heterocycles. The highest BCUT2D eigenvalue weighted by Gasteiger charge is 2.23. The van der Waals surface area contributed by atoms with Gasteiger partial charge in [0.05, 0.1) is 44.0 Å². The third-order valence-corrected chi connectivity index (χ3v) is 5.04. The first-order valence-corrected chi connectivity index (χ1v) is 9.33. The Labute approximate surface area is 158 Å². The second-order valence-electron chi connectivity index (χ2n) is 6.92. The molecular formula is C18H25N7O2. The van der Waals surface area contributed by atoms with E-state index in [1.165, 1.54) is 0 Å². The molecule has 0 aliphatic carbocycles. The normalized spacial score (nSPS) is 18.7. The highest BCUT2D eigenvalue weighted by atomic mass is 16.5. The number of hydrogen-bond acceptors (Lipinski definition) is 7. The van der Waals surface area contributed by atoms with Gasteiger partial charge in [-0.15, -0.1) is 0 Å². The van der Waals surface area contributed by atoms with Gasteiger partial charge in [0.15, 0.2) is 0 Å². The van der Waals surface area contributed by atoms with Crippen molar-refractivity contribution in [2.75, 3.05) is 63.9 Å². The second-order valence-corrected chi connectivity index (χ2v) is 6.92. The van der Waals surface area contributed by atoms with Crippen LogP contribution in [0.25, 0.3) is 11.3 Å². The summed E-state index contributed by atoms with van der Waals surface area (Å²) >= 11 is 0. The third-order valence-electron chi connectivity index (χ3n) is 5.04. The quantitative estimate of drug-likeness (QED) is 0.740. The van der Waals surface area contributed by atoms with Crippen LogP contribution in [-0.2, 0) is 16.6 Å². The van der Waals surface area contributed by atoms with Gasteiger partial charge in [0.25, 0.3) is 0 Å². The first kappa shape index (κ1) is 17.9. The summed E-state index contributed by atoms with van der Waals surface area (Å²) in [6.45, 7) is 6.53. The summed E-state index contributed by atoms with van der Waals surface area (Å²) in [7, 11) is 1.89. The Morgan fingerprint density at radius 3 is 2.56 bits per heavy atom. The van der Waals surface area contributed by atoms with Gasteiger partial charge in [0, 0.05) is 58.1 Å². The topological polar surface area (TPSA) is 79.6 Å². The van der Waals surface area contributed by atoms with Crippen LogP contribution in [0.4, 0.5) is 5.82 Å². The van der Waals surface area contributed by atoms with Crippen LogP contribution in [0.1, 0.15) is 0 Å². The van der Waals surface area contributed by atoms with Crippen molar-refractivity contribution in [3.05, 3.63) is 24.8 Å². The number of carbonyl (C=O) groups is 1. The van der Waals surface area contributed by atoms with E-state index < -0.39 is 0 Å². The van der Waals surface area contributed by atoms with E-state index in [2.05, 4.69) is 19.9 Å². The number of aromatic nitrogens is 4. The van der Waals surface area contributed by atoms with Crippen molar-refractivity contribution < 1.29 is 9.53 Å². The van der Waals surface area contributed by atoms with E-state index in [0.29, 0.717) is 32.8 Å². The molecule has 0 N–H and O–H groups in total. The molecule has 1 amide bonds. The maximum absolute atomic E-state index is 12.4. The smallest absolute Gasteiger partial charge is 0.236 e. The number of ether oxygens (including phenoxy) is 1. The average Bonchev–Trinajstić information content (AvgIpc) is 3.16. The molecule has 2 fully saturated rings. The molecule has 4 heterocycles. The zero-order valence-corrected chi connectivity index (χ0v) is 15.6. The molecule has 2 aliphatic heterocycles. The van der Waals surface area contributed by atoms with Gasteiger partial charge in [-0.25, -0.2) is 4.98 Å². The molecule has 27 heavy (non-hydrogen) atoms. The Balaban J connectivity index is 1.33. The first-order chi connectivity index (χ1) is 13.2. The zero-order chi connectivity index (χ0) is 18.6. The fourth-order valence-corrected chi connectivity index (χ4v) is 3.44. The lowest BCUT2D eigenvalue weighted by Crippen LogP contribution is -2.51. The van der Waals surface area contributed by atoms with Crippen molar-refractivity contribution in [1.29, 1.82) is 0 Å². The molecule has 2 aromatic rings. The summed E-state index contributed by atoms with van der Waals surface area (Å²) < 4.78 is 7.07. The minimum absolute atomic E-state index is 0.199. The lowest BCUT2D eigenvalue weighted by molar-refractivity contribution is -0.136. The summed E-state index contributed by atoms with van der Waals surface area (Å²) in [6, 6.07) is 0. The minimum atomic E-state index is 0.199. The Kier molecular flexibility index (Phi) is 5.30. The van der Waals surface area contributed by atoms with E-state index in [-0.39, 0.29) is 5.91 Å². The predicted octanol–water partition coefficient (Wildman–Crippen LogP) is -0.142. The Morgan fingerprint density at radius 1 is 1.07 bits per heavy atom. The van der Waals surface area contributed by atoms with Gasteiger partial charge in [0.1, 0.15) is 5.82 Å². The number of morpholine rings is 1. The van der Waals surface area contributed by atoms with Gasteiger partial charge in [-0.05, 0) is 0 Å². The van der Waals surface area contributed by atoms with Crippen LogP contribution in [0.3, 0.4) is 0 Å². The van der Waals surface area contributed by atoms with E-state index in [1.54, 1.807) is 23.3 Å². The summed E-state index contributed by atoms with van der Waals surface area (Å²) in [5, 5.41) is 4.20. The SMILES string of the molecule is Cn1cc(-c2cncc(N3CCN(CC(=O)N4CCOCC4)CC3)n2)cn1. The molecule has 144 valence electrons. The number of rotatable bonds is 4. The molecule has 2 saturated heterocycles. The van der Waals surface area contributed by atoms with E-state index in [1.807, 2.05) is 18.1 Å². The van der Waals surface area contributed by atoms with Crippen LogP contribution in [0.15, 0.2) is 24.8 Å². The predicted molar refractivity (Wildman–Crippen MR) is 100 cm³/mol. The van der Waals surface area contributed by atoms with E-state index in [9.17, 15) is 4.79 Å². The lowest BCUT2D eigenvalue weighted by Gasteiger charge is -2.36. The lowest BCUT2D eigenvalue weighted by atomic mass is 10.2. The fourth-order valence-electron chi connectivity index (χ4n) is 3.44. The number of nitrogens with zero attached hydrogens (tertiary/aromatic N) is 7. The largest absolute Gasteiger partial charge is 0.378 e. The number of piperazine rings is 1. The van der Waals surface area contributed by atoms with Crippen LogP contribution >= 0.6 is 0 Å². The summed E-state index contributed by atoms with van der Waals surface area (Å²) in [4.78, 5) is 27.8. The number of aryl methyl sites for hydroxylation is 1. The average molecular weight is 371 g/mol. The van der Waals surface area contributed by atoms with Gasteiger partial charge < -0.3 is 14.5 Å². The Bertz CT molecular complexity index is 780. The zero-order valence-electron chi connectivity index (χ0n) is 15.6. The number of amides is 1. The summed E-state index contributed by atoms with van der Waals surface area (Å²) in [5.74, 6) is 1.07. The molecule has 0 bridgehead atoms. The molecule has 0 saturated carbocycles. The summed E-state index contributed by atoms with van der Waals surface area (Å²) in [5.41, 5.74) is 1.78. The number of anilines is 1. The Morgan fingerprint density at radius 2 is 1.85 bits per heavy atom. The molecule has 0 spiro atoms. The van der Waals surface area contributed by atoms with Crippen LogP contribution in [0.5, 0.6) is 0 Å². The maximum Gasteiger partial charge on any atom is 0.236 e. The number of hydrogen-bond donors (Lipinski definition) is 0. The van der Waals surface area contributed by atoms with Gasteiger partial charge in [-0.1, -0.05) is 0 Å². The van der Waals surface area contributed by atoms with E-state index in [0.717, 1.165) is 43.3 Å². The maximum atomic E-state index is 12.4. The molecular weight excluding hydrogens is 346 g/mol. The van der Waals surface area contributed by atoms with E-state index >= 15 is 0 Å². The van der Waals surface area contributed by atoms with Crippen LogP contribution < -0.4 is 4.90 Å². The van der Waals surface area contributed by atoms with Crippen molar-refractivity contribution in [3.8, 4) is 11.3 Å². The highest BCUT2D eigenvalue weighted by molar-refractivity contribution is 5.78. The molecule has 0 unspecified atom stereocenters. The van der Waals surface area contributed by atoms with Gasteiger partial charge in [-0.3, -0.25) is 19.4 Å². The van der Waals surface area contributed by atoms with Gasteiger partial charge >= 0.3 is 0 Å². The standard InChI is InChI=1S/C18H25N7O2/c1-22-13-15(10-20-22)16-11-19-12-17(21-16)24-4-2-23(3-5-24)14-18(26)25-6-8-27-9-7-25/h10-13H,2-9,14H2,1H3. The van der Waals surface area contributed by atoms with Crippen molar-refractivity contribution in [3.63, 3.8) is 0 Å². The minimum Gasteiger partial charge on any atom is -0.378 e. The fraction of sp³-hybridized carbons (Fsp3) is 0.556. The van der Waals surface area contributed by atoms with Crippen molar-refractivity contribution >= 4 is 11.7 Å². The third kappa shape index (κ3) is 4.25. The van der Waals surface area contributed by atoms with Crippen LogP contribution in [0, 0.1) is 0 Å². The molecule has 0 radical (unpaired) electrons. The molecule has 0 atom stereocenters. The van der Waals surface area contributed by atoms with Crippen molar-refractivity contribution in [1.82, 2.24) is 29.5 Å². The molecule has 9 nitrogen and oxygen atoms in total. The first-order valence-electron chi connectivity index (χ1n) is 9.33. The second kappa shape index (κ2) is 8.01. The van der Waals surface area contributed by atoms with Crippen molar-refractivity contribution in [2.45, 2.75) is 0 Å². The van der Waals surface area contributed by atoms with Crippen LogP contribution in [-0.4, -0.2) is 94.5 Å². The summed E-state index contributed by atoms with van der Waals surface area (Å²) in [6.07, 6.45) is 7.29.